The number of rotatable bonds is 10. The summed E-state index contributed by atoms with van der Waals surface area (Å²) in [5.74, 6) is -1.10. The van der Waals surface area contributed by atoms with Crippen molar-refractivity contribution in [1.29, 1.82) is 0 Å². The Kier molecular flexibility index (Phi) is 9.45. The number of aryl methyl sites for hydroxylation is 1. The van der Waals surface area contributed by atoms with E-state index in [9.17, 15) is 14.3 Å². The van der Waals surface area contributed by atoms with Gasteiger partial charge in [0.15, 0.2) is 0 Å². The monoisotopic (exact) mass is 538 g/mol. The molecule has 0 radical (unpaired) electrons. The van der Waals surface area contributed by atoms with Gasteiger partial charge in [-0.3, -0.25) is 4.79 Å². The van der Waals surface area contributed by atoms with Crippen LogP contribution in [-0.2, 0) is 21.6 Å². The quantitative estimate of drug-likeness (QED) is 0.357. The van der Waals surface area contributed by atoms with Gasteiger partial charge in [0.1, 0.15) is 23.3 Å². The van der Waals surface area contributed by atoms with Gasteiger partial charge in [-0.25, -0.2) is 8.78 Å². The van der Waals surface area contributed by atoms with Crippen molar-refractivity contribution in [3.05, 3.63) is 94.6 Å². The number of carbonyl (C=O) groups excluding carboxylic acids is 1. The fraction of sp³-hybridized carbons (Fsp3) is 0.387. The van der Waals surface area contributed by atoms with Crippen molar-refractivity contribution < 1.29 is 28.2 Å². The summed E-state index contributed by atoms with van der Waals surface area (Å²) in [7, 11) is 1.61. The number of hydrogen-bond acceptors (Lipinski definition) is 5. The molecule has 0 aromatic heterocycles. The molecule has 1 unspecified atom stereocenters. The first-order valence-electron chi connectivity index (χ1n) is 13.2. The molecule has 0 aliphatic carbocycles. The number of nitrogens with two attached hydrogens (primary N) is 1. The summed E-state index contributed by atoms with van der Waals surface area (Å²) in [6, 6.07) is 16.1. The van der Waals surface area contributed by atoms with Crippen LogP contribution in [0.2, 0.25) is 0 Å². The Balaban J connectivity index is 1.71. The SMILES string of the molecule is COCCCC[C@@](O)(c1cccc(F)c1-c1ccc(F)c(C)c1)C1CN(C(=O)c2ccc(CN)cc2)CCO1. The Labute approximate surface area is 228 Å². The average Bonchev–Trinajstić information content (AvgIpc) is 2.96. The maximum Gasteiger partial charge on any atom is 0.254 e. The fourth-order valence-electron chi connectivity index (χ4n) is 5.18. The molecule has 208 valence electrons. The zero-order chi connectivity index (χ0) is 28.0. The molecule has 1 saturated heterocycles. The number of unbranched alkanes of at least 4 members (excludes halogenated alkanes) is 1. The molecular weight excluding hydrogens is 502 g/mol. The Hall–Kier alpha value is -3.17. The topological polar surface area (TPSA) is 85.0 Å². The second-order valence-corrected chi connectivity index (χ2v) is 10.0. The Morgan fingerprint density at radius 1 is 1.13 bits per heavy atom. The molecule has 0 saturated carbocycles. The number of methoxy groups -OCH3 is 1. The van der Waals surface area contributed by atoms with E-state index in [1.54, 1.807) is 49.3 Å². The summed E-state index contributed by atoms with van der Waals surface area (Å²) < 4.78 is 40.8. The Morgan fingerprint density at radius 3 is 2.59 bits per heavy atom. The van der Waals surface area contributed by atoms with E-state index >= 15 is 4.39 Å². The van der Waals surface area contributed by atoms with Crippen molar-refractivity contribution in [2.45, 2.75) is 44.4 Å². The first kappa shape index (κ1) is 28.8. The fourth-order valence-corrected chi connectivity index (χ4v) is 5.18. The van der Waals surface area contributed by atoms with Gasteiger partial charge in [0.05, 0.1) is 13.2 Å². The number of hydrogen-bond donors (Lipinski definition) is 2. The number of amides is 1. The number of benzene rings is 3. The lowest BCUT2D eigenvalue weighted by molar-refractivity contribution is -0.146. The molecule has 1 heterocycles. The van der Waals surface area contributed by atoms with Crippen molar-refractivity contribution >= 4 is 5.91 Å². The zero-order valence-electron chi connectivity index (χ0n) is 22.5. The highest BCUT2D eigenvalue weighted by Crippen LogP contribution is 2.41. The third-order valence-electron chi connectivity index (χ3n) is 7.41. The minimum Gasteiger partial charge on any atom is -0.385 e. The van der Waals surface area contributed by atoms with E-state index in [-0.39, 0.29) is 31.0 Å². The van der Waals surface area contributed by atoms with Crippen molar-refractivity contribution in [2.75, 3.05) is 33.4 Å². The van der Waals surface area contributed by atoms with Gasteiger partial charge in [-0.15, -0.1) is 0 Å². The summed E-state index contributed by atoms with van der Waals surface area (Å²) in [4.78, 5) is 15.0. The molecular formula is C31H36F2N2O4. The molecule has 1 aliphatic rings. The molecule has 2 atom stereocenters. The Morgan fingerprint density at radius 2 is 1.90 bits per heavy atom. The molecule has 3 aromatic carbocycles. The number of ether oxygens (including phenoxy) is 2. The van der Waals surface area contributed by atoms with Crippen LogP contribution in [-0.4, -0.2) is 55.4 Å². The van der Waals surface area contributed by atoms with Crippen LogP contribution in [0.3, 0.4) is 0 Å². The molecule has 3 N–H and O–H groups in total. The van der Waals surface area contributed by atoms with E-state index in [4.69, 9.17) is 15.2 Å². The Bertz CT molecular complexity index is 1280. The summed E-state index contributed by atoms with van der Waals surface area (Å²) in [5, 5.41) is 12.4. The number of aliphatic hydroxyl groups is 1. The minimum absolute atomic E-state index is 0.122. The van der Waals surface area contributed by atoms with Gasteiger partial charge >= 0.3 is 0 Å². The van der Waals surface area contributed by atoms with Crippen molar-refractivity contribution in [1.82, 2.24) is 4.90 Å². The molecule has 3 aromatic rings. The molecule has 8 heteroatoms. The predicted molar refractivity (Wildman–Crippen MR) is 146 cm³/mol. The maximum absolute atomic E-state index is 15.5. The van der Waals surface area contributed by atoms with E-state index in [2.05, 4.69) is 0 Å². The third-order valence-corrected chi connectivity index (χ3v) is 7.41. The van der Waals surface area contributed by atoms with Crippen LogP contribution >= 0.6 is 0 Å². The molecule has 1 aliphatic heterocycles. The van der Waals surface area contributed by atoms with E-state index in [0.29, 0.717) is 54.8 Å². The maximum atomic E-state index is 15.5. The van der Waals surface area contributed by atoms with Crippen LogP contribution in [0, 0.1) is 18.6 Å². The van der Waals surface area contributed by atoms with E-state index in [1.165, 1.54) is 18.2 Å². The molecule has 1 amide bonds. The van der Waals surface area contributed by atoms with Crippen molar-refractivity contribution in [2.24, 2.45) is 5.73 Å². The van der Waals surface area contributed by atoms with Crippen LogP contribution in [0.4, 0.5) is 8.78 Å². The van der Waals surface area contributed by atoms with E-state index < -0.39 is 23.3 Å². The average molecular weight is 539 g/mol. The number of morpholine rings is 1. The molecule has 39 heavy (non-hydrogen) atoms. The van der Waals surface area contributed by atoms with Gasteiger partial charge in [-0.2, -0.15) is 0 Å². The lowest BCUT2D eigenvalue weighted by Crippen LogP contribution is -2.54. The molecule has 6 nitrogen and oxygen atoms in total. The number of nitrogens with zero attached hydrogens (tertiary/aromatic N) is 1. The highest BCUT2D eigenvalue weighted by atomic mass is 19.1. The normalized spacial score (nSPS) is 17.2. The summed E-state index contributed by atoms with van der Waals surface area (Å²) in [6.45, 7) is 3.21. The first-order chi connectivity index (χ1) is 18.8. The molecule has 4 rings (SSSR count). The lowest BCUT2D eigenvalue weighted by atomic mass is 9.78. The minimum atomic E-state index is -1.63. The largest absolute Gasteiger partial charge is 0.385 e. The van der Waals surface area contributed by atoms with Gasteiger partial charge < -0.3 is 25.2 Å². The summed E-state index contributed by atoms with van der Waals surface area (Å²) in [6.07, 6.45) is 0.701. The van der Waals surface area contributed by atoms with Crippen LogP contribution in [0.15, 0.2) is 60.7 Å². The smallest absolute Gasteiger partial charge is 0.254 e. The van der Waals surface area contributed by atoms with Crippen LogP contribution in [0.1, 0.15) is 46.3 Å². The molecule has 0 spiro atoms. The third kappa shape index (κ3) is 6.36. The van der Waals surface area contributed by atoms with Gasteiger partial charge in [-0.1, -0.05) is 30.3 Å². The molecule has 1 fully saturated rings. The van der Waals surface area contributed by atoms with Crippen LogP contribution in [0.5, 0.6) is 0 Å². The number of carbonyl (C=O) groups is 1. The summed E-state index contributed by atoms with van der Waals surface area (Å²) in [5.41, 5.74) is 6.87. The van der Waals surface area contributed by atoms with Gasteiger partial charge in [0, 0.05) is 37.9 Å². The summed E-state index contributed by atoms with van der Waals surface area (Å²) >= 11 is 0. The van der Waals surface area contributed by atoms with Gasteiger partial charge in [-0.05, 0) is 78.8 Å². The highest BCUT2D eigenvalue weighted by Gasteiger charge is 2.44. The van der Waals surface area contributed by atoms with Crippen molar-refractivity contribution in [3.63, 3.8) is 0 Å². The highest BCUT2D eigenvalue weighted by molar-refractivity contribution is 5.94. The standard InChI is InChI=1S/C31H36F2N2O4/c1-21-18-24(12-13-26(21)32)29-25(6-5-7-27(29)33)31(37,14-3-4-16-38-2)28-20-35(15-17-39-28)30(36)23-10-8-22(19-34)9-11-23/h5-13,18,28,37H,3-4,14-17,19-20,34H2,1-2H3/t28?,31-/m1/s1. The second kappa shape index (κ2) is 12.8. The second-order valence-electron chi connectivity index (χ2n) is 10.0. The predicted octanol–water partition coefficient (Wildman–Crippen LogP) is 4.94. The van der Waals surface area contributed by atoms with Gasteiger partial charge in [0.25, 0.3) is 5.91 Å². The van der Waals surface area contributed by atoms with Crippen LogP contribution < -0.4 is 5.73 Å². The van der Waals surface area contributed by atoms with E-state index in [1.807, 2.05) is 12.1 Å². The van der Waals surface area contributed by atoms with Crippen molar-refractivity contribution in [3.8, 4) is 11.1 Å². The van der Waals surface area contributed by atoms with Gasteiger partial charge in [0.2, 0.25) is 0 Å². The van der Waals surface area contributed by atoms with Crippen LogP contribution in [0.25, 0.3) is 11.1 Å². The lowest BCUT2D eigenvalue weighted by Gasteiger charge is -2.43. The zero-order valence-corrected chi connectivity index (χ0v) is 22.5. The molecule has 0 bridgehead atoms. The number of halogens is 2. The van der Waals surface area contributed by atoms with E-state index in [0.717, 1.165) is 5.56 Å². The first-order valence-corrected chi connectivity index (χ1v) is 13.2.